The Morgan fingerprint density at radius 3 is 2.35 bits per heavy atom. The Balaban J connectivity index is 2.36. The Morgan fingerprint density at radius 2 is 1.76 bits per heavy atom. The molecule has 2 aromatic rings. The standard InChI is InChI=1S/C14H12ClFO/c1-9-2-7-12(13(15)8-9)14(17)10-3-5-11(16)6-4-10/h2-8,14,17H,1H3. The Labute approximate surface area is 104 Å². The lowest BCUT2D eigenvalue weighted by atomic mass is 10.0. The van der Waals surface area contributed by atoms with E-state index >= 15 is 0 Å². The van der Waals surface area contributed by atoms with Crippen molar-refractivity contribution in [2.45, 2.75) is 13.0 Å². The molecule has 1 N–H and O–H groups in total. The summed E-state index contributed by atoms with van der Waals surface area (Å²) in [7, 11) is 0. The average molecular weight is 251 g/mol. The van der Waals surface area contributed by atoms with Gasteiger partial charge in [0.1, 0.15) is 11.9 Å². The summed E-state index contributed by atoms with van der Waals surface area (Å²) in [4.78, 5) is 0. The van der Waals surface area contributed by atoms with Gasteiger partial charge in [0.15, 0.2) is 0 Å². The van der Waals surface area contributed by atoms with E-state index in [1.807, 2.05) is 13.0 Å². The van der Waals surface area contributed by atoms with Crippen molar-refractivity contribution in [1.82, 2.24) is 0 Å². The first kappa shape index (κ1) is 12.1. The normalized spacial score (nSPS) is 12.5. The number of aliphatic hydroxyl groups excluding tert-OH is 1. The molecule has 3 heteroatoms. The van der Waals surface area contributed by atoms with Gasteiger partial charge in [-0.1, -0.05) is 35.9 Å². The van der Waals surface area contributed by atoms with Crippen molar-refractivity contribution in [2.75, 3.05) is 0 Å². The molecule has 1 unspecified atom stereocenters. The highest BCUT2D eigenvalue weighted by Gasteiger charge is 2.13. The number of rotatable bonds is 2. The van der Waals surface area contributed by atoms with Crippen LogP contribution in [0.2, 0.25) is 5.02 Å². The van der Waals surface area contributed by atoms with Crippen LogP contribution >= 0.6 is 11.6 Å². The minimum atomic E-state index is -0.830. The predicted molar refractivity (Wildman–Crippen MR) is 66.7 cm³/mol. The van der Waals surface area contributed by atoms with Crippen LogP contribution in [0.15, 0.2) is 42.5 Å². The van der Waals surface area contributed by atoms with Crippen molar-refractivity contribution in [3.63, 3.8) is 0 Å². The van der Waals surface area contributed by atoms with E-state index in [1.165, 1.54) is 12.1 Å². The maximum atomic E-state index is 12.8. The Morgan fingerprint density at radius 1 is 1.12 bits per heavy atom. The van der Waals surface area contributed by atoms with Crippen LogP contribution in [0, 0.1) is 12.7 Å². The maximum Gasteiger partial charge on any atom is 0.123 e. The molecule has 1 nitrogen and oxygen atoms in total. The van der Waals surface area contributed by atoms with Gasteiger partial charge in [0, 0.05) is 10.6 Å². The lowest BCUT2D eigenvalue weighted by molar-refractivity contribution is 0.220. The lowest BCUT2D eigenvalue weighted by Crippen LogP contribution is -2.00. The first-order valence-electron chi connectivity index (χ1n) is 5.27. The molecule has 17 heavy (non-hydrogen) atoms. The van der Waals surface area contributed by atoms with E-state index in [9.17, 15) is 9.50 Å². The van der Waals surface area contributed by atoms with Gasteiger partial charge >= 0.3 is 0 Å². The second-order valence-electron chi connectivity index (χ2n) is 3.98. The molecule has 0 heterocycles. The predicted octanol–water partition coefficient (Wildman–Crippen LogP) is 3.87. The number of aryl methyl sites for hydroxylation is 1. The number of halogens is 2. The Bertz CT molecular complexity index is 522. The van der Waals surface area contributed by atoms with Crippen LogP contribution in [0.3, 0.4) is 0 Å². The molecule has 0 bridgehead atoms. The van der Waals surface area contributed by atoms with Crippen LogP contribution < -0.4 is 0 Å². The smallest absolute Gasteiger partial charge is 0.123 e. The van der Waals surface area contributed by atoms with Crippen LogP contribution in [0.5, 0.6) is 0 Å². The third-order valence-corrected chi connectivity index (χ3v) is 2.96. The highest BCUT2D eigenvalue weighted by atomic mass is 35.5. The highest BCUT2D eigenvalue weighted by molar-refractivity contribution is 6.31. The fraction of sp³-hybridized carbons (Fsp3) is 0.143. The second kappa shape index (κ2) is 4.86. The van der Waals surface area contributed by atoms with Crippen LogP contribution in [-0.4, -0.2) is 5.11 Å². The highest BCUT2D eigenvalue weighted by Crippen LogP contribution is 2.28. The maximum absolute atomic E-state index is 12.8. The molecule has 1 atom stereocenters. The molecule has 0 spiro atoms. The van der Waals surface area contributed by atoms with E-state index in [0.29, 0.717) is 16.1 Å². The van der Waals surface area contributed by atoms with E-state index in [-0.39, 0.29) is 5.82 Å². The molecule has 88 valence electrons. The van der Waals surface area contributed by atoms with Crippen molar-refractivity contribution in [2.24, 2.45) is 0 Å². The molecular formula is C14H12ClFO. The summed E-state index contributed by atoms with van der Waals surface area (Å²) >= 11 is 6.07. The van der Waals surface area contributed by atoms with Crippen molar-refractivity contribution < 1.29 is 9.50 Å². The molecule has 0 amide bonds. The summed E-state index contributed by atoms with van der Waals surface area (Å²) in [6.45, 7) is 1.93. The van der Waals surface area contributed by atoms with Gasteiger partial charge in [-0.3, -0.25) is 0 Å². The lowest BCUT2D eigenvalue weighted by Gasteiger charge is -2.13. The summed E-state index contributed by atoms with van der Waals surface area (Å²) in [5.41, 5.74) is 2.28. The van der Waals surface area contributed by atoms with Crippen LogP contribution in [-0.2, 0) is 0 Å². The molecule has 2 aromatic carbocycles. The van der Waals surface area contributed by atoms with E-state index in [2.05, 4.69) is 0 Å². The van der Waals surface area contributed by atoms with Gasteiger partial charge in [-0.25, -0.2) is 4.39 Å². The number of aliphatic hydroxyl groups is 1. The third kappa shape index (κ3) is 2.65. The summed E-state index contributed by atoms with van der Waals surface area (Å²) in [5, 5.41) is 10.7. The molecular weight excluding hydrogens is 239 g/mol. The fourth-order valence-corrected chi connectivity index (χ4v) is 2.02. The topological polar surface area (TPSA) is 20.2 Å². The molecule has 0 aliphatic rings. The summed E-state index contributed by atoms with van der Waals surface area (Å²) in [5.74, 6) is -0.323. The minimum Gasteiger partial charge on any atom is -0.384 e. The van der Waals surface area contributed by atoms with Crippen molar-refractivity contribution in [1.29, 1.82) is 0 Å². The van der Waals surface area contributed by atoms with Crippen molar-refractivity contribution in [3.8, 4) is 0 Å². The van der Waals surface area contributed by atoms with Crippen LogP contribution in [0.25, 0.3) is 0 Å². The molecule has 0 saturated carbocycles. The zero-order chi connectivity index (χ0) is 12.4. The molecule has 0 aromatic heterocycles. The van der Waals surface area contributed by atoms with E-state index in [1.54, 1.807) is 24.3 Å². The second-order valence-corrected chi connectivity index (χ2v) is 4.39. The number of hydrogen-bond donors (Lipinski definition) is 1. The van der Waals surface area contributed by atoms with Crippen LogP contribution in [0.4, 0.5) is 4.39 Å². The monoisotopic (exact) mass is 250 g/mol. The fourth-order valence-electron chi connectivity index (χ4n) is 1.68. The van der Waals surface area contributed by atoms with Gasteiger partial charge in [0.25, 0.3) is 0 Å². The number of benzene rings is 2. The molecule has 2 rings (SSSR count). The minimum absolute atomic E-state index is 0.323. The van der Waals surface area contributed by atoms with Gasteiger partial charge in [0.2, 0.25) is 0 Å². The average Bonchev–Trinajstić information content (AvgIpc) is 2.29. The molecule has 0 aliphatic heterocycles. The van der Waals surface area contributed by atoms with E-state index in [4.69, 9.17) is 11.6 Å². The van der Waals surface area contributed by atoms with Gasteiger partial charge < -0.3 is 5.11 Å². The molecule has 0 saturated heterocycles. The van der Waals surface area contributed by atoms with Gasteiger partial charge in [-0.05, 0) is 36.2 Å². The largest absolute Gasteiger partial charge is 0.384 e. The van der Waals surface area contributed by atoms with E-state index in [0.717, 1.165) is 5.56 Å². The molecule has 0 aliphatic carbocycles. The number of hydrogen-bond acceptors (Lipinski definition) is 1. The van der Waals surface area contributed by atoms with Crippen molar-refractivity contribution in [3.05, 3.63) is 70.0 Å². The first-order chi connectivity index (χ1) is 8.08. The van der Waals surface area contributed by atoms with E-state index < -0.39 is 6.10 Å². The first-order valence-corrected chi connectivity index (χ1v) is 5.65. The Kier molecular flexibility index (Phi) is 3.46. The van der Waals surface area contributed by atoms with Crippen molar-refractivity contribution >= 4 is 11.6 Å². The quantitative estimate of drug-likeness (QED) is 0.858. The third-order valence-electron chi connectivity index (χ3n) is 2.64. The zero-order valence-electron chi connectivity index (χ0n) is 9.32. The SMILES string of the molecule is Cc1ccc(C(O)c2ccc(F)cc2)c(Cl)c1. The Hall–Kier alpha value is -1.38. The van der Waals surface area contributed by atoms with Gasteiger partial charge in [0.05, 0.1) is 0 Å². The molecule has 0 fully saturated rings. The van der Waals surface area contributed by atoms with Crippen LogP contribution in [0.1, 0.15) is 22.8 Å². The zero-order valence-corrected chi connectivity index (χ0v) is 10.1. The summed E-state index contributed by atoms with van der Waals surface area (Å²) in [6.07, 6.45) is -0.830. The summed E-state index contributed by atoms with van der Waals surface area (Å²) in [6, 6.07) is 11.2. The van der Waals surface area contributed by atoms with Gasteiger partial charge in [-0.15, -0.1) is 0 Å². The van der Waals surface area contributed by atoms with Gasteiger partial charge in [-0.2, -0.15) is 0 Å². The summed E-state index contributed by atoms with van der Waals surface area (Å²) < 4.78 is 12.8. The molecule has 0 radical (unpaired) electrons.